The maximum atomic E-state index is 11.1. The smallest absolute Gasteiger partial charge is 0.278 e. The van der Waals surface area contributed by atoms with Crippen molar-refractivity contribution in [3.63, 3.8) is 0 Å². The van der Waals surface area contributed by atoms with Crippen molar-refractivity contribution in [2.45, 2.75) is 6.54 Å². The number of pyridine rings is 1. The SMILES string of the molecule is O=[N+]([O-])c1ccc(NCc2sccc2Br)c2ncccc12. The average Bonchev–Trinajstić information content (AvgIpc) is 2.89. The Morgan fingerprint density at radius 3 is 2.90 bits per heavy atom. The van der Waals surface area contributed by atoms with Crippen LogP contribution < -0.4 is 5.32 Å². The third-order valence-corrected chi connectivity index (χ3v) is 5.00. The minimum atomic E-state index is -0.385. The molecule has 5 nitrogen and oxygen atoms in total. The second-order valence-corrected chi connectivity index (χ2v) is 6.19. The van der Waals surface area contributed by atoms with E-state index in [-0.39, 0.29) is 10.6 Å². The predicted molar refractivity (Wildman–Crippen MR) is 87.7 cm³/mol. The van der Waals surface area contributed by atoms with Gasteiger partial charge in [0.1, 0.15) is 5.52 Å². The van der Waals surface area contributed by atoms with Gasteiger partial charge in [0, 0.05) is 21.6 Å². The summed E-state index contributed by atoms with van der Waals surface area (Å²) in [6.07, 6.45) is 1.64. The Balaban J connectivity index is 1.98. The van der Waals surface area contributed by atoms with Crippen molar-refractivity contribution in [2.24, 2.45) is 0 Å². The molecule has 3 aromatic rings. The largest absolute Gasteiger partial charge is 0.378 e. The molecule has 0 saturated carbocycles. The topological polar surface area (TPSA) is 68.1 Å². The van der Waals surface area contributed by atoms with Gasteiger partial charge in [0.2, 0.25) is 0 Å². The fraction of sp³-hybridized carbons (Fsp3) is 0.0714. The second kappa shape index (κ2) is 5.79. The number of aromatic nitrogens is 1. The number of thiophene rings is 1. The number of non-ortho nitro benzene ring substituents is 1. The molecule has 0 atom stereocenters. The number of nitrogens with one attached hydrogen (secondary N) is 1. The Kier molecular flexibility index (Phi) is 3.85. The fourth-order valence-electron chi connectivity index (χ4n) is 2.09. The lowest BCUT2D eigenvalue weighted by atomic mass is 10.1. The van der Waals surface area contributed by atoms with Gasteiger partial charge in [0.15, 0.2) is 0 Å². The van der Waals surface area contributed by atoms with Crippen LogP contribution in [0.25, 0.3) is 10.9 Å². The van der Waals surface area contributed by atoms with Crippen LogP contribution in [0.5, 0.6) is 0 Å². The van der Waals surface area contributed by atoms with Crippen molar-refractivity contribution in [3.8, 4) is 0 Å². The van der Waals surface area contributed by atoms with E-state index in [1.165, 1.54) is 6.07 Å². The van der Waals surface area contributed by atoms with Crippen molar-refractivity contribution in [3.05, 3.63) is 61.4 Å². The number of rotatable bonds is 4. The fourth-order valence-corrected chi connectivity index (χ4v) is 3.52. The van der Waals surface area contributed by atoms with Gasteiger partial charge in [-0.3, -0.25) is 15.1 Å². The number of anilines is 1. The normalized spacial score (nSPS) is 10.7. The Labute approximate surface area is 132 Å². The lowest BCUT2D eigenvalue weighted by Crippen LogP contribution is -2.00. The molecule has 2 heterocycles. The van der Waals surface area contributed by atoms with E-state index in [0.717, 1.165) is 15.0 Å². The van der Waals surface area contributed by atoms with Gasteiger partial charge in [-0.2, -0.15) is 0 Å². The molecule has 1 aromatic carbocycles. The lowest BCUT2D eigenvalue weighted by Gasteiger charge is -2.08. The molecule has 3 rings (SSSR count). The quantitative estimate of drug-likeness (QED) is 0.544. The van der Waals surface area contributed by atoms with E-state index in [1.807, 2.05) is 11.4 Å². The number of nitro groups is 1. The zero-order chi connectivity index (χ0) is 14.8. The summed E-state index contributed by atoms with van der Waals surface area (Å²) in [5, 5.41) is 16.9. The zero-order valence-electron chi connectivity index (χ0n) is 10.7. The summed E-state index contributed by atoms with van der Waals surface area (Å²) in [4.78, 5) is 16.1. The maximum absolute atomic E-state index is 11.1. The monoisotopic (exact) mass is 363 g/mol. The zero-order valence-corrected chi connectivity index (χ0v) is 13.1. The van der Waals surface area contributed by atoms with Crippen LogP contribution in [0, 0.1) is 10.1 Å². The van der Waals surface area contributed by atoms with E-state index in [2.05, 4.69) is 26.2 Å². The Morgan fingerprint density at radius 1 is 1.33 bits per heavy atom. The second-order valence-electron chi connectivity index (χ2n) is 4.33. The minimum absolute atomic E-state index is 0.0703. The van der Waals surface area contributed by atoms with Gasteiger partial charge in [-0.05, 0) is 45.6 Å². The molecule has 2 aromatic heterocycles. The highest BCUT2D eigenvalue weighted by Gasteiger charge is 2.14. The van der Waals surface area contributed by atoms with E-state index in [0.29, 0.717) is 17.4 Å². The summed E-state index contributed by atoms with van der Waals surface area (Å²) < 4.78 is 1.05. The standard InChI is InChI=1S/C14H10BrN3O2S/c15-10-5-7-21-13(10)8-17-11-3-4-12(18(19)20)9-2-1-6-16-14(9)11/h1-7,17H,8H2. The van der Waals surface area contributed by atoms with Crippen molar-refractivity contribution in [2.75, 3.05) is 5.32 Å². The molecule has 0 aliphatic carbocycles. The molecule has 0 aliphatic rings. The molecular weight excluding hydrogens is 354 g/mol. The molecule has 0 amide bonds. The third kappa shape index (κ3) is 2.74. The van der Waals surface area contributed by atoms with Gasteiger partial charge in [-0.25, -0.2) is 0 Å². The lowest BCUT2D eigenvalue weighted by molar-refractivity contribution is -0.383. The number of benzene rings is 1. The van der Waals surface area contributed by atoms with E-state index < -0.39 is 0 Å². The van der Waals surface area contributed by atoms with E-state index >= 15 is 0 Å². The number of nitrogens with zero attached hydrogens (tertiary/aromatic N) is 2. The van der Waals surface area contributed by atoms with Gasteiger partial charge >= 0.3 is 0 Å². The van der Waals surface area contributed by atoms with Gasteiger partial charge in [0.05, 0.1) is 22.5 Å². The van der Waals surface area contributed by atoms with Crippen LogP contribution in [0.2, 0.25) is 0 Å². The molecule has 21 heavy (non-hydrogen) atoms. The highest BCUT2D eigenvalue weighted by Crippen LogP contribution is 2.31. The minimum Gasteiger partial charge on any atom is -0.378 e. The maximum Gasteiger partial charge on any atom is 0.278 e. The molecular formula is C14H10BrN3O2S. The number of halogens is 1. The molecule has 0 spiro atoms. The van der Waals surface area contributed by atoms with Crippen molar-refractivity contribution in [1.82, 2.24) is 4.98 Å². The first-order chi connectivity index (χ1) is 10.2. The van der Waals surface area contributed by atoms with Crippen LogP contribution in [0.4, 0.5) is 11.4 Å². The predicted octanol–water partition coefficient (Wildman–Crippen LogP) is 4.58. The van der Waals surface area contributed by atoms with Crippen LogP contribution in [0.15, 0.2) is 46.4 Å². The summed E-state index contributed by atoms with van der Waals surface area (Å²) in [6, 6.07) is 8.63. The van der Waals surface area contributed by atoms with Crippen LogP contribution in [-0.4, -0.2) is 9.91 Å². The van der Waals surface area contributed by atoms with E-state index in [9.17, 15) is 10.1 Å². The molecule has 0 unspecified atom stereocenters. The first-order valence-electron chi connectivity index (χ1n) is 6.14. The summed E-state index contributed by atoms with van der Waals surface area (Å²) in [6.45, 7) is 0.641. The number of nitro benzene ring substituents is 1. The Morgan fingerprint density at radius 2 is 2.19 bits per heavy atom. The van der Waals surface area contributed by atoms with E-state index in [4.69, 9.17) is 0 Å². The first-order valence-corrected chi connectivity index (χ1v) is 7.82. The molecule has 1 N–H and O–H groups in total. The first kappa shape index (κ1) is 14.0. The van der Waals surface area contributed by atoms with Crippen LogP contribution in [0.1, 0.15) is 4.88 Å². The van der Waals surface area contributed by atoms with Crippen molar-refractivity contribution in [1.29, 1.82) is 0 Å². The summed E-state index contributed by atoms with van der Waals surface area (Å²) in [7, 11) is 0. The van der Waals surface area contributed by atoms with Gasteiger partial charge in [-0.1, -0.05) is 0 Å². The molecule has 0 fully saturated rings. The summed E-state index contributed by atoms with van der Waals surface area (Å²) in [5.74, 6) is 0. The number of hydrogen-bond donors (Lipinski definition) is 1. The van der Waals surface area contributed by atoms with Crippen LogP contribution in [-0.2, 0) is 6.54 Å². The molecule has 0 radical (unpaired) electrons. The highest BCUT2D eigenvalue weighted by atomic mass is 79.9. The van der Waals surface area contributed by atoms with E-state index in [1.54, 1.807) is 35.7 Å². The molecule has 0 saturated heterocycles. The number of fused-ring (bicyclic) bond motifs is 1. The Bertz CT molecular complexity index is 819. The molecule has 0 bridgehead atoms. The third-order valence-electron chi connectivity index (χ3n) is 3.07. The van der Waals surface area contributed by atoms with Gasteiger partial charge < -0.3 is 5.32 Å². The number of hydrogen-bond acceptors (Lipinski definition) is 5. The molecule has 7 heteroatoms. The highest BCUT2D eigenvalue weighted by molar-refractivity contribution is 9.10. The molecule has 0 aliphatic heterocycles. The van der Waals surface area contributed by atoms with Crippen LogP contribution in [0.3, 0.4) is 0 Å². The van der Waals surface area contributed by atoms with Gasteiger partial charge in [-0.15, -0.1) is 11.3 Å². The van der Waals surface area contributed by atoms with Crippen molar-refractivity contribution < 1.29 is 4.92 Å². The van der Waals surface area contributed by atoms with Crippen molar-refractivity contribution >= 4 is 49.5 Å². The Hall–Kier alpha value is -1.99. The molecule has 106 valence electrons. The summed E-state index contributed by atoms with van der Waals surface area (Å²) in [5.41, 5.74) is 1.47. The van der Waals surface area contributed by atoms with Gasteiger partial charge in [0.25, 0.3) is 5.69 Å². The summed E-state index contributed by atoms with van der Waals surface area (Å²) >= 11 is 5.13. The van der Waals surface area contributed by atoms with Crippen LogP contribution >= 0.6 is 27.3 Å². The average molecular weight is 364 g/mol.